The summed E-state index contributed by atoms with van der Waals surface area (Å²) in [4.78, 5) is 21.7. The topological polar surface area (TPSA) is 123 Å². The van der Waals surface area contributed by atoms with Gasteiger partial charge < -0.3 is 10.1 Å². The van der Waals surface area contributed by atoms with E-state index >= 15 is 0 Å². The monoisotopic (exact) mass is 578 g/mol. The van der Waals surface area contributed by atoms with Gasteiger partial charge in [0.15, 0.2) is 5.65 Å². The molecule has 0 atom stereocenters. The molecular weight excluding hydrogens is 552 g/mol. The highest BCUT2D eigenvalue weighted by molar-refractivity contribution is 6.32. The molecule has 0 aliphatic rings. The molecule has 0 aliphatic carbocycles. The predicted octanol–water partition coefficient (Wildman–Crippen LogP) is 7.59. The van der Waals surface area contributed by atoms with Crippen LogP contribution in [0.5, 0.6) is 11.5 Å². The van der Waals surface area contributed by atoms with Gasteiger partial charge in [-0.2, -0.15) is 10.2 Å². The van der Waals surface area contributed by atoms with Crippen LogP contribution >= 0.6 is 11.6 Å². The molecule has 11 heteroatoms. The van der Waals surface area contributed by atoms with Crippen LogP contribution in [0.15, 0.2) is 91.4 Å². The summed E-state index contributed by atoms with van der Waals surface area (Å²) in [5.41, 5.74) is 4.05. The third-order valence-corrected chi connectivity index (χ3v) is 6.82. The molecule has 3 aromatic heterocycles. The Morgan fingerprint density at radius 1 is 0.929 bits per heavy atom. The fourth-order valence-electron chi connectivity index (χ4n) is 4.39. The number of fused-ring (bicyclic) bond motifs is 1. The first-order valence-electron chi connectivity index (χ1n) is 13.2. The zero-order valence-electron chi connectivity index (χ0n) is 23.1. The van der Waals surface area contributed by atoms with Crippen LogP contribution in [0.3, 0.4) is 0 Å². The van der Waals surface area contributed by atoms with Gasteiger partial charge in [-0.25, -0.2) is 19.4 Å². The number of para-hydroxylation sites is 2. The first-order valence-corrected chi connectivity index (χ1v) is 13.6. The molecule has 42 heavy (non-hydrogen) atoms. The molecule has 0 spiro atoms. The lowest BCUT2D eigenvalue weighted by molar-refractivity contribution is 0.262. The smallest absolute Gasteiger partial charge is 0.324 e. The number of carbonyl (C=O) groups is 1. The lowest BCUT2D eigenvalue weighted by Crippen LogP contribution is -2.21. The van der Waals surface area contributed by atoms with E-state index in [0.717, 1.165) is 22.3 Å². The fraction of sp³-hybridized carbons (Fsp3) is 0.129. The minimum Gasteiger partial charge on any atom is -0.455 e. The molecule has 10 nitrogen and oxygen atoms in total. The number of urea groups is 1. The maximum Gasteiger partial charge on any atom is 0.324 e. The Kier molecular flexibility index (Phi) is 7.05. The number of nitrogens with one attached hydrogen (secondary N) is 3. The van der Waals surface area contributed by atoms with E-state index in [-0.39, 0.29) is 5.41 Å². The third kappa shape index (κ3) is 5.52. The van der Waals surface area contributed by atoms with E-state index in [1.165, 1.54) is 6.33 Å². The molecule has 0 aliphatic heterocycles. The number of benzene rings is 3. The number of nitrogens with zero attached hydrogens (tertiary/aromatic N) is 5. The minimum absolute atomic E-state index is 0.201. The number of halogens is 1. The summed E-state index contributed by atoms with van der Waals surface area (Å²) in [5.74, 6) is 1.52. The van der Waals surface area contributed by atoms with Gasteiger partial charge in [0.05, 0.1) is 33.7 Å². The van der Waals surface area contributed by atoms with E-state index in [4.69, 9.17) is 21.4 Å². The second kappa shape index (κ2) is 11.0. The third-order valence-electron chi connectivity index (χ3n) is 6.52. The molecular formula is C31H27ClN8O2. The molecule has 0 fully saturated rings. The first kappa shape index (κ1) is 27.0. The van der Waals surface area contributed by atoms with Crippen molar-refractivity contribution in [2.75, 3.05) is 10.6 Å². The summed E-state index contributed by atoms with van der Waals surface area (Å²) < 4.78 is 7.93. The molecule has 0 unspecified atom stereocenters. The van der Waals surface area contributed by atoms with Gasteiger partial charge in [-0.3, -0.25) is 10.4 Å². The highest BCUT2D eigenvalue weighted by atomic mass is 35.5. The van der Waals surface area contributed by atoms with Crippen molar-refractivity contribution < 1.29 is 9.53 Å². The maximum absolute atomic E-state index is 13.0. The van der Waals surface area contributed by atoms with Crippen LogP contribution in [0.4, 0.5) is 16.3 Å². The van der Waals surface area contributed by atoms with Crippen molar-refractivity contribution in [1.29, 1.82) is 0 Å². The first-order chi connectivity index (χ1) is 20.3. The zero-order chi connectivity index (χ0) is 29.3. The minimum atomic E-state index is -0.435. The van der Waals surface area contributed by atoms with Crippen LogP contribution < -0.4 is 15.4 Å². The average molecular weight is 579 g/mol. The summed E-state index contributed by atoms with van der Waals surface area (Å²) in [5, 5.41) is 18.5. The van der Waals surface area contributed by atoms with E-state index in [1.54, 1.807) is 29.1 Å². The quantitative estimate of drug-likeness (QED) is 0.187. The van der Waals surface area contributed by atoms with Crippen molar-refractivity contribution in [3.8, 4) is 28.4 Å². The van der Waals surface area contributed by atoms with Gasteiger partial charge in [-0.1, -0.05) is 62.7 Å². The number of carbonyl (C=O) groups excluding carboxylic acids is 1. The van der Waals surface area contributed by atoms with Gasteiger partial charge in [0.1, 0.15) is 23.6 Å². The molecule has 210 valence electrons. The zero-order valence-corrected chi connectivity index (χ0v) is 23.8. The Hall–Kier alpha value is -5.22. The normalized spacial score (nSPS) is 11.4. The molecule has 6 aromatic rings. The van der Waals surface area contributed by atoms with Gasteiger partial charge in [-0.05, 0) is 42.5 Å². The molecule has 6 rings (SSSR count). The van der Waals surface area contributed by atoms with Crippen LogP contribution in [-0.2, 0) is 5.41 Å². The molecule has 2 amide bonds. The highest BCUT2D eigenvalue weighted by Crippen LogP contribution is 2.38. The number of hydrogen-bond acceptors (Lipinski definition) is 6. The van der Waals surface area contributed by atoms with Gasteiger partial charge in [0.25, 0.3) is 0 Å². The summed E-state index contributed by atoms with van der Waals surface area (Å²) in [6, 6.07) is 23.6. The number of anilines is 2. The van der Waals surface area contributed by atoms with Crippen LogP contribution in [-0.4, -0.2) is 36.0 Å². The van der Waals surface area contributed by atoms with Crippen LogP contribution in [0.2, 0.25) is 5.02 Å². The lowest BCUT2D eigenvalue weighted by Gasteiger charge is -2.14. The Labute approximate surface area is 246 Å². The Morgan fingerprint density at radius 3 is 2.50 bits per heavy atom. The molecule has 0 bridgehead atoms. The number of hydrogen-bond donors (Lipinski definition) is 3. The van der Waals surface area contributed by atoms with Crippen LogP contribution in [0, 0.1) is 0 Å². The number of aromatic nitrogens is 6. The SMILES string of the molecule is CC(C)(C)c1cc(NC(=O)Nc2ccc(Oc3ccccc3-c3ncnc4[nH]ncc34)c(Cl)c2)n(-c2ccccc2)n1. The average Bonchev–Trinajstić information content (AvgIpc) is 3.63. The number of aromatic amines is 1. The van der Waals surface area contributed by atoms with E-state index in [2.05, 4.69) is 51.6 Å². The van der Waals surface area contributed by atoms with Crippen LogP contribution in [0.25, 0.3) is 28.0 Å². The molecule has 0 radical (unpaired) electrons. The maximum atomic E-state index is 13.0. The Balaban J connectivity index is 1.21. The van der Waals surface area contributed by atoms with Gasteiger partial charge in [0.2, 0.25) is 0 Å². The number of rotatable bonds is 6. The molecule has 3 N–H and O–H groups in total. The lowest BCUT2D eigenvalue weighted by atomic mass is 9.92. The summed E-state index contributed by atoms with van der Waals surface area (Å²) >= 11 is 6.61. The summed E-state index contributed by atoms with van der Waals surface area (Å²) in [6.07, 6.45) is 3.15. The van der Waals surface area contributed by atoms with E-state index in [9.17, 15) is 4.79 Å². The fourth-order valence-corrected chi connectivity index (χ4v) is 4.61. The standard InChI is InChI=1S/C31H27ClN8O2/c1-31(2,3)26-16-27(40(39-26)20-9-5-4-6-10-20)37-30(41)36-19-13-14-25(23(32)15-19)42-24-12-8-7-11-21(24)28-22-17-35-38-29(22)34-18-33-28/h4-18H,1-3H3,(H2,36,37,41)(H,33,34,35,38). The second-order valence-corrected chi connectivity index (χ2v) is 11.0. The number of amides is 2. The van der Waals surface area contributed by atoms with Gasteiger partial charge >= 0.3 is 6.03 Å². The van der Waals surface area contributed by atoms with E-state index < -0.39 is 6.03 Å². The number of ether oxygens (including phenoxy) is 1. The van der Waals surface area contributed by atoms with Crippen molar-refractivity contribution in [3.05, 3.63) is 102 Å². The number of H-pyrrole nitrogens is 1. The van der Waals surface area contributed by atoms with E-state index in [0.29, 0.717) is 39.4 Å². The van der Waals surface area contributed by atoms with Gasteiger partial charge in [-0.15, -0.1) is 0 Å². The van der Waals surface area contributed by atoms with Crippen molar-refractivity contribution >= 4 is 40.2 Å². The van der Waals surface area contributed by atoms with Crippen molar-refractivity contribution in [3.63, 3.8) is 0 Å². The highest BCUT2D eigenvalue weighted by Gasteiger charge is 2.22. The van der Waals surface area contributed by atoms with Crippen molar-refractivity contribution in [2.45, 2.75) is 26.2 Å². The molecule has 0 saturated heterocycles. The summed E-state index contributed by atoms with van der Waals surface area (Å²) in [6.45, 7) is 6.22. The Morgan fingerprint density at radius 2 is 1.71 bits per heavy atom. The molecule has 0 saturated carbocycles. The largest absolute Gasteiger partial charge is 0.455 e. The molecule has 3 heterocycles. The second-order valence-electron chi connectivity index (χ2n) is 10.6. The van der Waals surface area contributed by atoms with E-state index in [1.807, 2.05) is 60.7 Å². The molecule has 3 aromatic carbocycles. The Bertz CT molecular complexity index is 1890. The van der Waals surface area contributed by atoms with Crippen molar-refractivity contribution in [2.24, 2.45) is 0 Å². The predicted molar refractivity (Wildman–Crippen MR) is 164 cm³/mol. The van der Waals surface area contributed by atoms with Crippen molar-refractivity contribution in [1.82, 2.24) is 29.9 Å². The van der Waals surface area contributed by atoms with Crippen LogP contribution in [0.1, 0.15) is 26.5 Å². The summed E-state index contributed by atoms with van der Waals surface area (Å²) in [7, 11) is 0. The van der Waals surface area contributed by atoms with Gasteiger partial charge in [0, 0.05) is 22.7 Å².